The van der Waals surface area contributed by atoms with Crippen molar-refractivity contribution in [3.63, 3.8) is 0 Å². The molecule has 0 aliphatic carbocycles. The lowest BCUT2D eigenvalue weighted by atomic mass is 10.1. The number of likely N-dealkylation sites (N-methyl/N-ethyl adjacent to an activating group) is 1. The van der Waals surface area contributed by atoms with Crippen LogP contribution in [0.2, 0.25) is 0 Å². The molecule has 0 saturated heterocycles. The molecule has 0 rings (SSSR count). The van der Waals surface area contributed by atoms with Crippen LogP contribution in [0, 0.1) is 0 Å². The lowest BCUT2D eigenvalue weighted by Crippen LogP contribution is -2.34. The van der Waals surface area contributed by atoms with E-state index in [2.05, 4.69) is 38.2 Å². The Balaban J connectivity index is 3.78. The summed E-state index contributed by atoms with van der Waals surface area (Å²) < 4.78 is 11.2. The zero-order valence-corrected chi connectivity index (χ0v) is 31.2. The summed E-state index contributed by atoms with van der Waals surface area (Å²) in [6.07, 6.45) is 42.0. The number of hydrogen-bond donors (Lipinski definition) is 0. The normalized spacial score (nSPS) is 12.5. The molecule has 0 N–H and O–H groups in total. The highest BCUT2D eigenvalue weighted by molar-refractivity contribution is 5.70. The fourth-order valence-corrected chi connectivity index (χ4v) is 5.71. The van der Waals surface area contributed by atoms with Crippen LogP contribution in [-0.2, 0) is 19.1 Å². The van der Waals surface area contributed by atoms with Crippen LogP contribution in [0.4, 0.5) is 0 Å². The number of nitrogens with zero attached hydrogens (tertiary/aromatic N) is 1. The number of esters is 2. The third-order valence-corrected chi connectivity index (χ3v) is 8.58. The molecule has 0 aliphatic rings. The molecule has 0 aromatic heterocycles. The topological polar surface area (TPSA) is 55.8 Å². The fourth-order valence-electron chi connectivity index (χ4n) is 5.71. The minimum Gasteiger partial charge on any atom is -0.462 e. The van der Waals surface area contributed by atoms with E-state index < -0.39 is 6.10 Å². The Labute approximate surface area is 286 Å². The van der Waals surface area contributed by atoms with Crippen LogP contribution in [0.15, 0.2) is 24.3 Å². The van der Waals surface area contributed by atoms with Gasteiger partial charge in [-0.3, -0.25) is 9.59 Å². The van der Waals surface area contributed by atoms with Crippen molar-refractivity contribution in [3.8, 4) is 0 Å². The van der Waals surface area contributed by atoms with Crippen LogP contribution in [-0.4, -0.2) is 50.2 Å². The zero-order chi connectivity index (χ0) is 33.8. The van der Waals surface area contributed by atoms with Gasteiger partial charge in [-0.05, 0) is 78.3 Å². The summed E-state index contributed by atoms with van der Waals surface area (Å²) in [4.78, 5) is 26.7. The van der Waals surface area contributed by atoms with E-state index in [1.807, 2.05) is 19.0 Å². The van der Waals surface area contributed by atoms with Crippen molar-refractivity contribution in [1.29, 1.82) is 0 Å². The third kappa shape index (κ3) is 35.2. The third-order valence-electron chi connectivity index (χ3n) is 8.58. The molecule has 5 heteroatoms. The van der Waals surface area contributed by atoms with E-state index >= 15 is 0 Å². The van der Waals surface area contributed by atoms with E-state index in [1.54, 1.807) is 0 Å². The molecular weight excluding hydrogens is 570 g/mol. The van der Waals surface area contributed by atoms with Crippen LogP contribution in [0.3, 0.4) is 0 Å². The summed E-state index contributed by atoms with van der Waals surface area (Å²) in [5.41, 5.74) is 0. The van der Waals surface area contributed by atoms with Gasteiger partial charge < -0.3 is 14.4 Å². The van der Waals surface area contributed by atoms with Gasteiger partial charge in [0.1, 0.15) is 12.7 Å². The van der Waals surface area contributed by atoms with Crippen LogP contribution in [0.25, 0.3) is 0 Å². The second kappa shape index (κ2) is 36.2. The second-order valence-corrected chi connectivity index (χ2v) is 13.7. The largest absolute Gasteiger partial charge is 0.462 e. The molecule has 0 aromatic rings. The molecule has 1 unspecified atom stereocenters. The molecule has 0 heterocycles. The molecule has 0 aromatic carbocycles. The number of unbranched alkanes of at least 4 members (excludes halogenated alkanes) is 22. The Morgan fingerprint density at radius 3 is 1.24 bits per heavy atom. The molecule has 0 radical (unpaired) electrons. The van der Waals surface area contributed by atoms with Crippen molar-refractivity contribution in [3.05, 3.63) is 24.3 Å². The number of rotatable bonds is 35. The summed E-state index contributed by atoms with van der Waals surface area (Å²) in [6.45, 7) is 5.23. The number of carbonyl (C=O) groups is 2. The van der Waals surface area contributed by atoms with Crippen LogP contribution in [0.1, 0.15) is 194 Å². The smallest absolute Gasteiger partial charge is 0.306 e. The van der Waals surface area contributed by atoms with Crippen LogP contribution >= 0.6 is 0 Å². The average molecular weight is 648 g/mol. The van der Waals surface area contributed by atoms with Gasteiger partial charge in [0, 0.05) is 19.4 Å². The Morgan fingerprint density at radius 1 is 0.500 bits per heavy atom. The first-order valence-corrected chi connectivity index (χ1v) is 19.8. The van der Waals surface area contributed by atoms with Crippen molar-refractivity contribution >= 4 is 11.9 Å². The van der Waals surface area contributed by atoms with Crippen molar-refractivity contribution in [2.24, 2.45) is 0 Å². The maximum absolute atomic E-state index is 12.4. The predicted octanol–water partition coefficient (Wildman–Crippen LogP) is 12.1. The number of carbonyl (C=O) groups excluding carboxylic acids is 2. The Hall–Kier alpha value is -1.62. The van der Waals surface area contributed by atoms with E-state index in [0.29, 0.717) is 19.4 Å². The highest BCUT2D eigenvalue weighted by Gasteiger charge is 2.18. The van der Waals surface area contributed by atoms with Gasteiger partial charge in [-0.25, -0.2) is 0 Å². The first kappa shape index (κ1) is 44.4. The summed E-state index contributed by atoms with van der Waals surface area (Å²) in [7, 11) is 3.88. The van der Waals surface area contributed by atoms with E-state index in [4.69, 9.17) is 9.47 Å². The van der Waals surface area contributed by atoms with Crippen molar-refractivity contribution in [1.82, 2.24) is 4.90 Å². The standard InChI is InChI=1S/C41H77NO4/c1-5-7-9-11-13-15-17-19-21-23-25-27-29-31-33-35-40(43)45-38-39(37-42(3)4)46-41(44)36-34-32-30-28-26-24-22-20-18-16-14-12-10-8-6-2/h19-22,39H,5-18,23-38H2,1-4H3/b21-19?,22-20-. The van der Waals surface area contributed by atoms with Gasteiger partial charge in [0.25, 0.3) is 0 Å². The summed E-state index contributed by atoms with van der Waals surface area (Å²) >= 11 is 0. The molecule has 0 aliphatic heterocycles. The quantitative estimate of drug-likeness (QED) is 0.0389. The number of allylic oxidation sites excluding steroid dienone is 4. The van der Waals surface area contributed by atoms with E-state index in [-0.39, 0.29) is 18.5 Å². The average Bonchev–Trinajstić information content (AvgIpc) is 3.03. The molecule has 0 saturated carbocycles. The minimum atomic E-state index is -0.413. The molecule has 270 valence electrons. The summed E-state index contributed by atoms with van der Waals surface area (Å²) in [6, 6.07) is 0. The van der Waals surface area contributed by atoms with E-state index in [0.717, 1.165) is 38.5 Å². The van der Waals surface area contributed by atoms with Gasteiger partial charge in [0.05, 0.1) is 0 Å². The first-order valence-electron chi connectivity index (χ1n) is 19.8. The van der Waals surface area contributed by atoms with E-state index in [9.17, 15) is 9.59 Å². The lowest BCUT2D eigenvalue weighted by Gasteiger charge is -2.21. The van der Waals surface area contributed by atoms with Crippen LogP contribution < -0.4 is 0 Å². The second-order valence-electron chi connectivity index (χ2n) is 13.7. The molecule has 0 bridgehead atoms. The van der Waals surface area contributed by atoms with Gasteiger partial charge in [0.15, 0.2) is 0 Å². The minimum absolute atomic E-state index is 0.139. The van der Waals surface area contributed by atoms with Crippen molar-refractivity contribution in [2.45, 2.75) is 200 Å². The molecule has 0 fully saturated rings. The van der Waals surface area contributed by atoms with E-state index in [1.165, 1.54) is 128 Å². The van der Waals surface area contributed by atoms with Gasteiger partial charge in [-0.15, -0.1) is 0 Å². The first-order chi connectivity index (χ1) is 22.5. The number of ether oxygens (including phenoxy) is 2. The summed E-state index contributed by atoms with van der Waals surface area (Å²) in [5, 5.41) is 0. The Kier molecular flexibility index (Phi) is 34.9. The van der Waals surface area contributed by atoms with Gasteiger partial charge in [0.2, 0.25) is 0 Å². The Morgan fingerprint density at radius 2 is 0.848 bits per heavy atom. The van der Waals surface area contributed by atoms with Gasteiger partial charge in [-0.2, -0.15) is 0 Å². The highest BCUT2D eigenvalue weighted by atomic mass is 16.6. The molecule has 0 spiro atoms. The number of hydrogen-bond acceptors (Lipinski definition) is 5. The monoisotopic (exact) mass is 648 g/mol. The fraction of sp³-hybridized carbons (Fsp3) is 0.854. The molecule has 0 amide bonds. The zero-order valence-electron chi connectivity index (χ0n) is 31.2. The SMILES string of the molecule is CCCCCCCCC=CCCCCCCCC(=O)OCC(CN(C)C)OC(=O)CCCCCCC/C=C\CCCCCCCC. The molecule has 46 heavy (non-hydrogen) atoms. The lowest BCUT2D eigenvalue weighted by molar-refractivity contribution is -0.160. The Bertz CT molecular complexity index is 717. The van der Waals surface area contributed by atoms with Crippen LogP contribution in [0.5, 0.6) is 0 Å². The summed E-state index contributed by atoms with van der Waals surface area (Å²) in [5.74, 6) is -0.368. The molecular formula is C41H77NO4. The van der Waals surface area contributed by atoms with Gasteiger partial charge >= 0.3 is 11.9 Å². The molecule has 1 atom stereocenters. The maximum Gasteiger partial charge on any atom is 0.306 e. The van der Waals surface area contributed by atoms with Crippen molar-refractivity contribution < 1.29 is 19.1 Å². The van der Waals surface area contributed by atoms with Crippen molar-refractivity contribution in [2.75, 3.05) is 27.2 Å². The highest BCUT2D eigenvalue weighted by Crippen LogP contribution is 2.13. The maximum atomic E-state index is 12.4. The predicted molar refractivity (Wildman–Crippen MR) is 198 cm³/mol. The molecule has 5 nitrogen and oxygen atoms in total. The van der Waals surface area contributed by atoms with Gasteiger partial charge in [-0.1, -0.05) is 141 Å².